The summed E-state index contributed by atoms with van der Waals surface area (Å²) in [4.78, 5) is 16.3. The molecule has 0 saturated heterocycles. The van der Waals surface area contributed by atoms with Crippen LogP contribution >= 0.6 is 11.6 Å². The monoisotopic (exact) mass is 297 g/mol. The second kappa shape index (κ2) is 5.81. The molecule has 2 aromatic carbocycles. The molecule has 0 radical (unpaired) electrons. The number of carbonyl (C=O) groups excluding carboxylic acids is 1. The summed E-state index contributed by atoms with van der Waals surface area (Å²) in [7, 11) is 0. The van der Waals surface area contributed by atoms with E-state index >= 15 is 0 Å². The van der Waals surface area contributed by atoms with Crippen molar-refractivity contribution in [3.8, 4) is 0 Å². The van der Waals surface area contributed by atoms with Crippen LogP contribution in [-0.4, -0.2) is 11.0 Å². The van der Waals surface area contributed by atoms with Crippen molar-refractivity contribution >= 4 is 39.9 Å². The van der Waals surface area contributed by atoms with Gasteiger partial charge in [0.25, 0.3) is 0 Å². The van der Waals surface area contributed by atoms with Crippen molar-refractivity contribution in [1.29, 1.82) is 0 Å². The van der Waals surface area contributed by atoms with E-state index in [4.69, 9.17) is 11.6 Å². The highest BCUT2D eigenvalue weighted by atomic mass is 35.5. The summed E-state index contributed by atoms with van der Waals surface area (Å²) < 4.78 is 0. The normalized spacial score (nSPS) is 10.3. The number of hydrogen-bond donors (Lipinski definition) is 2. The Morgan fingerprint density at radius 1 is 1.00 bits per heavy atom. The lowest BCUT2D eigenvalue weighted by atomic mass is 10.2. The number of anilines is 2. The maximum absolute atomic E-state index is 12.1. The Hall–Kier alpha value is -2.59. The minimum atomic E-state index is -0.325. The smallest absolute Gasteiger partial charge is 0.308 e. The van der Waals surface area contributed by atoms with Gasteiger partial charge in [0.15, 0.2) is 0 Å². The van der Waals surface area contributed by atoms with Gasteiger partial charge in [-0.2, -0.15) is 0 Å². The van der Waals surface area contributed by atoms with Crippen molar-refractivity contribution in [1.82, 2.24) is 4.98 Å². The summed E-state index contributed by atoms with van der Waals surface area (Å²) in [5, 5.41) is 7.02. The average Bonchev–Trinajstić information content (AvgIpc) is 2.47. The lowest BCUT2D eigenvalue weighted by molar-refractivity contribution is 0.262. The molecule has 2 N–H and O–H groups in total. The lowest BCUT2D eigenvalue weighted by Crippen LogP contribution is -2.19. The molecule has 104 valence electrons. The first-order valence-corrected chi connectivity index (χ1v) is 6.77. The topological polar surface area (TPSA) is 54.0 Å². The number of halogens is 1. The van der Waals surface area contributed by atoms with Gasteiger partial charge >= 0.3 is 6.03 Å². The number of pyridine rings is 1. The van der Waals surface area contributed by atoms with Crippen LogP contribution in [0.15, 0.2) is 60.8 Å². The van der Waals surface area contributed by atoms with E-state index in [-0.39, 0.29) is 6.03 Å². The highest BCUT2D eigenvalue weighted by molar-refractivity contribution is 6.30. The first-order valence-electron chi connectivity index (χ1n) is 6.40. The zero-order valence-electron chi connectivity index (χ0n) is 11.0. The number of carbonyl (C=O) groups is 1. The Balaban J connectivity index is 1.80. The zero-order chi connectivity index (χ0) is 14.7. The van der Waals surface area contributed by atoms with Crippen molar-refractivity contribution in [2.45, 2.75) is 0 Å². The number of rotatable bonds is 2. The van der Waals surface area contributed by atoms with E-state index in [2.05, 4.69) is 15.6 Å². The average molecular weight is 298 g/mol. The molecule has 0 aliphatic rings. The molecule has 0 unspecified atom stereocenters. The molecule has 0 aliphatic heterocycles. The van der Waals surface area contributed by atoms with Gasteiger partial charge in [-0.25, -0.2) is 4.79 Å². The van der Waals surface area contributed by atoms with Gasteiger partial charge in [-0.3, -0.25) is 4.98 Å². The van der Waals surface area contributed by atoms with Crippen LogP contribution in [0.3, 0.4) is 0 Å². The Morgan fingerprint density at radius 2 is 1.86 bits per heavy atom. The number of benzene rings is 2. The molecule has 5 heteroatoms. The second-order valence-electron chi connectivity index (χ2n) is 4.47. The summed E-state index contributed by atoms with van der Waals surface area (Å²) >= 11 is 5.89. The number of urea groups is 1. The van der Waals surface area contributed by atoms with Crippen LogP contribution in [0.25, 0.3) is 10.9 Å². The second-order valence-corrected chi connectivity index (χ2v) is 4.90. The van der Waals surface area contributed by atoms with Crippen molar-refractivity contribution < 1.29 is 4.79 Å². The Bertz CT molecular complexity index is 799. The molecule has 3 aromatic rings. The fraction of sp³-hybridized carbons (Fsp3) is 0. The molecule has 0 bridgehead atoms. The first kappa shape index (κ1) is 13.4. The van der Waals surface area contributed by atoms with Crippen LogP contribution in [0, 0.1) is 0 Å². The highest BCUT2D eigenvalue weighted by Gasteiger charge is 2.06. The zero-order valence-corrected chi connectivity index (χ0v) is 11.8. The maximum atomic E-state index is 12.1. The van der Waals surface area contributed by atoms with Crippen LogP contribution < -0.4 is 10.6 Å². The van der Waals surface area contributed by atoms with Crippen LogP contribution in [0.1, 0.15) is 0 Å². The SMILES string of the molecule is O=C(Nc1cccc(Cl)c1)Nc1cccc2ncccc12. The molecule has 0 atom stereocenters. The van der Waals surface area contributed by atoms with Gasteiger partial charge in [0.05, 0.1) is 11.2 Å². The Morgan fingerprint density at radius 3 is 2.71 bits per heavy atom. The molecular formula is C16H12ClN3O. The number of hydrogen-bond acceptors (Lipinski definition) is 2. The predicted molar refractivity (Wildman–Crippen MR) is 85.8 cm³/mol. The largest absolute Gasteiger partial charge is 0.323 e. The fourth-order valence-corrected chi connectivity index (χ4v) is 2.25. The first-order chi connectivity index (χ1) is 10.2. The van der Waals surface area contributed by atoms with Crippen LogP contribution in [0.2, 0.25) is 5.02 Å². The summed E-state index contributed by atoms with van der Waals surface area (Å²) in [6, 6.07) is 16.0. The number of fused-ring (bicyclic) bond motifs is 1. The van der Waals surface area contributed by atoms with Crippen molar-refractivity contribution in [2.24, 2.45) is 0 Å². The van der Waals surface area contributed by atoms with Gasteiger partial charge in [-0.05, 0) is 42.5 Å². The maximum Gasteiger partial charge on any atom is 0.323 e. The quantitative estimate of drug-likeness (QED) is 0.730. The number of aromatic nitrogens is 1. The van der Waals surface area contributed by atoms with E-state index in [1.807, 2.05) is 30.3 Å². The van der Waals surface area contributed by atoms with E-state index in [1.54, 1.807) is 30.5 Å². The van der Waals surface area contributed by atoms with E-state index < -0.39 is 0 Å². The van der Waals surface area contributed by atoms with E-state index in [9.17, 15) is 4.79 Å². The fourth-order valence-electron chi connectivity index (χ4n) is 2.06. The lowest BCUT2D eigenvalue weighted by Gasteiger charge is -2.10. The highest BCUT2D eigenvalue weighted by Crippen LogP contribution is 2.22. The van der Waals surface area contributed by atoms with E-state index in [1.165, 1.54) is 0 Å². The van der Waals surface area contributed by atoms with Crippen molar-refractivity contribution in [2.75, 3.05) is 10.6 Å². The van der Waals surface area contributed by atoms with Gasteiger partial charge < -0.3 is 10.6 Å². The Kier molecular flexibility index (Phi) is 3.71. The number of nitrogens with zero attached hydrogens (tertiary/aromatic N) is 1. The molecule has 1 aromatic heterocycles. The molecule has 2 amide bonds. The number of amides is 2. The third-order valence-electron chi connectivity index (χ3n) is 2.98. The van der Waals surface area contributed by atoms with Gasteiger partial charge in [-0.1, -0.05) is 23.7 Å². The Labute approximate surface area is 126 Å². The summed E-state index contributed by atoms with van der Waals surface area (Å²) in [6.45, 7) is 0. The van der Waals surface area contributed by atoms with Crippen molar-refractivity contribution in [3.05, 3.63) is 65.8 Å². The molecule has 0 aliphatic carbocycles. The van der Waals surface area contributed by atoms with E-state index in [0.29, 0.717) is 16.4 Å². The van der Waals surface area contributed by atoms with Gasteiger partial charge in [0.2, 0.25) is 0 Å². The minimum Gasteiger partial charge on any atom is -0.308 e. The van der Waals surface area contributed by atoms with E-state index in [0.717, 1.165) is 10.9 Å². The summed E-state index contributed by atoms with van der Waals surface area (Å²) in [6.07, 6.45) is 1.72. The molecule has 0 saturated carbocycles. The number of nitrogens with one attached hydrogen (secondary N) is 2. The van der Waals surface area contributed by atoms with Crippen LogP contribution in [0.5, 0.6) is 0 Å². The van der Waals surface area contributed by atoms with Crippen LogP contribution in [-0.2, 0) is 0 Å². The minimum absolute atomic E-state index is 0.325. The van der Waals surface area contributed by atoms with Gasteiger partial charge in [0, 0.05) is 22.3 Å². The predicted octanol–water partition coefficient (Wildman–Crippen LogP) is 4.53. The molecule has 3 rings (SSSR count). The third kappa shape index (κ3) is 3.12. The molecule has 21 heavy (non-hydrogen) atoms. The molecule has 0 fully saturated rings. The summed E-state index contributed by atoms with van der Waals surface area (Å²) in [5.41, 5.74) is 2.18. The molecular weight excluding hydrogens is 286 g/mol. The third-order valence-corrected chi connectivity index (χ3v) is 3.21. The van der Waals surface area contributed by atoms with Crippen LogP contribution in [0.4, 0.5) is 16.2 Å². The van der Waals surface area contributed by atoms with Gasteiger partial charge in [-0.15, -0.1) is 0 Å². The molecule has 4 nitrogen and oxygen atoms in total. The van der Waals surface area contributed by atoms with Crippen molar-refractivity contribution in [3.63, 3.8) is 0 Å². The van der Waals surface area contributed by atoms with Gasteiger partial charge in [0.1, 0.15) is 0 Å². The summed E-state index contributed by atoms with van der Waals surface area (Å²) in [5.74, 6) is 0. The molecule has 0 spiro atoms. The molecule has 1 heterocycles. The standard InChI is InChI=1S/C16H12ClN3O/c17-11-4-1-5-12(10-11)19-16(21)20-15-8-2-7-14-13(15)6-3-9-18-14/h1-10H,(H2,19,20,21).